The van der Waals surface area contributed by atoms with Crippen LogP contribution in [0.4, 0.5) is 0 Å². The minimum atomic E-state index is 0. The molecule has 0 bridgehead atoms. The standard InChI is InChI=1S/C7H9P.C2H6.CH4/c1-8-7-5-3-2-4-6-7;1-2;/h2-6,8H,1H3;1-2H3;1H4. The lowest BCUT2D eigenvalue weighted by atomic mass is 10.4. The molecule has 0 nitrogen and oxygen atoms in total. The first-order valence-electron chi connectivity index (χ1n) is 3.66. The van der Waals surface area contributed by atoms with Crippen molar-refractivity contribution in [2.45, 2.75) is 21.3 Å². The van der Waals surface area contributed by atoms with E-state index in [2.05, 4.69) is 30.9 Å². The fourth-order valence-corrected chi connectivity index (χ4v) is 1.13. The van der Waals surface area contributed by atoms with Gasteiger partial charge in [0.15, 0.2) is 0 Å². The lowest BCUT2D eigenvalue weighted by Gasteiger charge is -1.89. The predicted molar refractivity (Wildman–Crippen MR) is 58.4 cm³/mol. The summed E-state index contributed by atoms with van der Waals surface area (Å²) in [6.07, 6.45) is 0. The molecular weight excluding hydrogens is 151 g/mol. The van der Waals surface area contributed by atoms with Crippen molar-refractivity contribution in [2.24, 2.45) is 0 Å². The molecule has 11 heavy (non-hydrogen) atoms. The van der Waals surface area contributed by atoms with Gasteiger partial charge in [0.05, 0.1) is 0 Å². The third-order valence-corrected chi connectivity index (χ3v) is 1.97. The minimum absolute atomic E-state index is 0. The van der Waals surface area contributed by atoms with Crippen molar-refractivity contribution in [1.82, 2.24) is 0 Å². The van der Waals surface area contributed by atoms with E-state index in [-0.39, 0.29) is 7.43 Å². The van der Waals surface area contributed by atoms with E-state index >= 15 is 0 Å². The topological polar surface area (TPSA) is 0 Å². The van der Waals surface area contributed by atoms with Crippen LogP contribution in [0, 0.1) is 0 Å². The Bertz CT molecular complexity index is 146. The molecule has 0 aromatic heterocycles. The van der Waals surface area contributed by atoms with Gasteiger partial charge in [-0.05, 0) is 12.0 Å². The van der Waals surface area contributed by atoms with Crippen molar-refractivity contribution in [3.8, 4) is 0 Å². The van der Waals surface area contributed by atoms with Crippen molar-refractivity contribution >= 4 is 13.9 Å². The van der Waals surface area contributed by atoms with Crippen LogP contribution in [0.15, 0.2) is 30.3 Å². The SMILES string of the molecule is C.CC.CPc1ccccc1. The summed E-state index contributed by atoms with van der Waals surface area (Å²) in [5.41, 5.74) is 0. The molecule has 0 fully saturated rings. The Kier molecular flexibility index (Phi) is 11.6. The monoisotopic (exact) mass is 170 g/mol. The molecule has 0 saturated heterocycles. The van der Waals surface area contributed by atoms with Crippen LogP contribution in [0.1, 0.15) is 21.3 Å². The van der Waals surface area contributed by atoms with Crippen LogP contribution in [0.2, 0.25) is 0 Å². The molecule has 64 valence electrons. The van der Waals surface area contributed by atoms with Crippen LogP contribution in [-0.4, -0.2) is 6.66 Å². The largest absolute Gasteiger partial charge is 0.0936 e. The van der Waals surface area contributed by atoms with Crippen molar-refractivity contribution in [2.75, 3.05) is 6.66 Å². The van der Waals surface area contributed by atoms with E-state index in [1.54, 1.807) is 0 Å². The Hall–Kier alpha value is -0.350. The van der Waals surface area contributed by atoms with E-state index in [1.807, 2.05) is 19.9 Å². The predicted octanol–water partition coefficient (Wildman–Crippen LogP) is 3.28. The molecule has 1 atom stereocenters. The van der Waals surface area contributed by atoms with Crippen LogP contribution < -0.4 is 5.30 Å². The van der Waals surface area contributed by atoms with Gasteiger partial charge in [-0.3, -0.25) is 0 Å². The molecule has 0 heterocycles. The first-order chi connectivity index (χ1) is 4.93. The number of hydrogen-bond donors (Lipinski definition) is 0. The Labute approximate surface area is 72.8 Å². The molecule has 1 aromatic carbocycles. The Balaban J connectivity index is 0. The summed E-state index contributed by atoms with van der Waals surface area (Å²) in [6, 6.07) is 10.5. The fraction of sp³-hybridized carbons (Fsp3) is 0.400. The van der Waals surface area contributed by atoms with Crippen LogP contribution in [0.3, 0.4) is 0 Å². The van der Waals surface area contributed by atoms with Crippen molar-refractivity contribution in [1.29, 1.82) is 0 Å². The summed E-state index contributed by atoms with van der Waals surface area (Å²) in [5, 5.41) is 1.44. The molecule has 0 amide bonds. The molecule has 0 aliphatic carbocycles. The molecule has 0 aliphatic rings. The van der Waals surface area contributed by atoms with Crippen LogP contribution in [0.5, 0.6) is 0 Å². The molecule has 0 saturated carbocycles. The highest BCUT2D eigenvalue weighted by Crippen LogP contribution is 2.00. The van der Waals surface area contributed by atoms with E-state index in [1.165, 1.54) is 5.30 Å². The van der Waals surface area contributed by atoms with Crippen molar-refractivity contribution < 1.29 is 0 Å². The van der Waals surface area contributed by atoms with Crippen LogP contribution in [-0.2, 0) is 0 Å². The van der Waals surface area contributed by atoms with Gasteiger partial charge >= 0.3 is 0 Å². The smallest absolute Gasteiger partial charge is 0.0274 e. The lowest BCUT2D eigenvalue weighted by Crippen LogP contribution is -1.87. The fourth-order valence-electron chi connectivity index (χ4n) is 0.605. The van der Waals surface area contributed by atoms with Crippen molar-refractivity contribution in [3.63, 3.8) is 0 Å². The minimum Gasteiger partial charge on any atom is -0.0936 e. The highest BCUT2D eigenvalue weighted by Gasteiger charge is 1.79. The molecule has 0 spiro atoms. The van der Waals surface area contributed by atoms with Crippen LogP contribution in [0.25, 0.3) is 0 Å². The van der Waals surface area contributed by atoms with Crippen LogP contribution >= 0.6 is 8.58 Å². The van der Waals surface area contributed by atoms with E-state index in [0.717, 1.165) is 8.58 Å². The molecule has 0 aliphatic heterocycles. The molecule has 0 N–H and O–H groups in total. The maximum atomic E-state index is 2.19. The second-order valence-electron chi connectivity index (χ2n) is 1.62. The second kappa shape index (κ2) is 9.65. The summed E-state index contributed by atoms with van der Waals surface area (Å²) < 4.78 is 0. The number of rotatable bonds is 1. The van der Waals surface area contributed by atoms with Gasteiger partial charge < -0.3 is 0 Å². The third-order valence-electron chi connectivity index (χ3n) is 1.06. The summed E-state index contributed by atoms with van der Waals surface area (Å²) >= 11 is 0. The first kappa shape index (κ1) is 13.3. The van der Waals surface area contributed by atoms with E-state index in [0.29, 0.717) is 0 Å². The Morgan fingerprint density at radius 3 is 1.73 bits per heavy atom. The number of benzene rings is 1. The van der Waals surface area contributed by atoms with Gasteiger partial charge in [0, 0.05) is 0 Å². The van der Waals surface area contributed by atoms with E-state index < -0.39 is 0 Å². The maximum Gasteiger partial charge on any atom is -0.0274 e. The lowest BCUT2D eigenvalue weighted by molar-refractivity contribution is 1.50. The number of hydrogen-bond acceptors (Lipinski definition) is 0. The van der Waals surface area contributed by atoms with Gasteiger partial charge in [0.1, 0.15) is 0 Å². The van der Waals surface area contributed by atoms with Gasteiger partial charge in [0.25, 0.3) is 0 Å². The quantitative estimate of drug-likeness (QED) is 0.567. The molecule has 1 aromatic rings. The van der Waals surface area contributed by atoms with E-state index in [9.17, 15) is 0 Å². The normalized spacial score (nSPS) is 8.27. The summed E-state index contributed by atoms with van der Waals surface area (Å²) in [6.45, 7) is 6.19. The zero-order valence-corrected chi connectivity index (χ0v) is 7.89. The highest BCUT2D eigenvalue weighted by atomic mass is 31.1. The molecule has 1 heteroatoms. The zero-order chi connectivity index (χ0) is 7.82. The highest BCUT2D eigenvalue weighted by molar-refractivity contribution is 7.46. The van der Waals surface area contributed by atoms with Gasteiger partial charge in [-0.1, -0.05) is 60.2 Å². The Morgan fingerprint density at radius 1 is 1.00 bits per heavy atom. The maximum absolute atomic E-state index is 2.19. The second-order valence-corrected chi connectivity index (χ2v) is 2.69. The average Bonchev–Trinajstić information content (AvgIpc) is 2.10. The zero-order valence-electron chi connectivity index (χ0n) is 6.89. The molecule has 0 radical (unpaired) electrons. The van der Waals surface area contributed by atoms with E-state index in [4.69, 9.17) is 0 Å². The molecule has 1 rings (SSSR count). The molecular formula is C10H19P. The van der Waals surface area contributed by atoms with Gasteiger partial charge in [-0.2, -0.15) is 0 Å². The first-order valence-corrected chi connectivity index (χ1v) is 5.16. The summed E-state index contributed by atoms with van der Waals surface area (Å²) in [7, 11) is 0.930. The summed E-state index contributed by atoms with van der Waals surface area (Å²) in [4.78, 5) is 0. The molecule has 1 unspecified atom stereocenters. The third kappa shape index (κ3) is 6.06. The summed E-state index contributed by atoms with van der Waals surface area (Å²) in [5.74, 6) is 0. The van der Waals surface area contributed by atoms with Gasteiger partial charge in [0.2, 0.25) is 0 Å². The van der Waals surface area contributed by atoms with Crippen molar-refractivity contribution in [3.05, 3.63) is 30.3 Å². The van der Waals surface area contributed by atoms with Gasteiger partial charge in [-0.15, -0.1) is 0 Å². The Morgan fingerprint density at radius 2 is 1.45 bits per heavy atom. The van der Waals surface area contributed by atoms with Gasteiger partial charge in [-0.25, -0.2) is 0 Å². The average molecular weight is 170 g/mol.